The number of fused-ring (bicyclic) bond motifs is 1. The summed E-state index contributed by atoms with van der Waals surface area (Å²) in [7, 11) is 0. The van der Waals surface area contributed by atoms with Gasteiger partial charge in [-0.15, -0.1) is 0 Å². The third kappa shape index (κ3) is 2.24. The second kappa shape index (κ2) is 5.36. The fraction of sp³-hybridized carbons (Fsp3) is 0.167. The molecule has 0 saturated heterocycles. The van der Waals surface area contributed by atoms with Crippen LogP contribution < -0.4 is 11.2 Å². The summed E-state index contributed by atoms with van der Waals surface area (Å²) in [5.74, 6) is 0.326. The van der Waals surface area contributed by atoms with E-state index in [1.54, 1.807) is 36.4 Å². The molecule has 1 fully saturated rings. The molecule has 1 heterocycles. The molecule has 1 aromatic heterocycles. The Morgan fingerprint density at radius 3 is 2.62 bits per heavy atom. The highest BCUT2D eigenvalue weighted by atomic mass is 35.5. The van der Waals surface area contributed by atoms with Crippen LogP contribution in [0.2, 0.25) is 5.02 Å². The van der Waals surface area contributed by atoms with Gasteiger partial charge in [-0.1, -0.05) is 23.7 Å². The van der Waals surface area contributed by atoms with Crippen LogP contribution in [0.5, 0.6) is 0 Å². The number of nitrogens with zero attached hydrogens (tertiary/aromatic N) is 2. The molecule has 0 bridgehead atoms. The van der Waals surface area contributed by atoms with Gasteiger partial charge >= 0.3 is 5.69 Å². The zero-order valence-electron chi connectivity index (χ0n) is 12.5. The fourth-order valence-electron chi connectivity index (χ4n) is 2.98. The summed E-state index contributed by atoms with van der Waals surface area (Å²) in [6.45, 7) is 7.37. The number of rotatable bonds is 2. The fourth-order valence-corrected chi connectivity index (χ4v) is 3.20. The predicted molar refractivity (Wildman–Crippen MR) is 93.4 cm³/mol. The third-order valence-corrected chi connectivity index (χ3v) is 4.60. The van der Waals surface area contributed by atoms with Crippen LogP contribution in [0.15, 0.2) is 46.0 Å². The summed E-state index contributed by atoms with van der Waals surface area (Å²) in [5.41, 5.74) is 1.31. The van der Waals surface area contributed by atoms with Gasteiger partial charge in [0.05, 0.1) is 28.2 Å². The first-order chi connectivity index (χ1) is 11.6. The molecule has 0 atom stereocenters. The van der Waals surface area contributed by atoms with E-state index in [2.05, 4.69) is 9.83 Å². The van der Waals surface area contributed by atoms with Gasteiger partial charge in [0.1, 0.15) is 0 Å². The molecule has 0 radical (unpaired) electrons. The highest BCUT2D eigenvalue weighted by Gasteiger charge is 2.27. The number of halogens is 1. The summed E-state index contributed by atoms with van der Waals surface area (Å²) in [6, 6.07) is 10.3. The van der Waals surface area contributed by atoms with Crippen molar-refractivity contribution in [2.45, 2.75) is 18.8 Å². The minimum atomic E-state index is -0.544. The molecule has 0 spiro atoms. The molecule has 2 aromatic carbocycles. The van der Waals surface area contributed by atoms with Crippen LogP contribution >= 0.6 is 11.6 Å². The van der Waals surface area contributed by atoms with Gasteiger partial charge in [0.2, 0.25) is 0 Å². The maximum absolute atomic E-state index is 12.4. The Labute approximate surface area is 142 Å². The number of aromatic amines is 1. The van der Waals surface area contributed by atoms with Gasteiger partial charge < -0.3 is 0 Å². The SMILES string of the molecule is [C-]#[N+]c1cc2c(=O)[nH]c(=O)n(-c3ccccc3Cl)c2cc1C1CC1. The van der Waals surface area contributed by atoms with E-state index in [0.717, 1.165) is 18.4 Å². The van der Waals surface area contributed by atoms with Crippen LogP contribution in [0, 0.1) is 6.57 Å². The normalized spacial score (nSPS) is 13.8. The molecule has 1 saturated carbocycles. The molecule has 3 aromatic rings. The van der Waals surface area contributed by atoms with Crippen LogP contribution in [0.4, 0.5) is 5.69 Å². The van der Waals surface area contributed by atoms with Gasteiger partial charge in [-0.05, 0) is 48.6 Å². The van der Waals surface area contributed by atoms with E-state index in [0.29, 0.717) is 33.2 Å². The molecule has 0 aliphatic heterocycles. The second-order valence-corrected chi connectivity index (χ2v) is 6.27. The number of hydrogen-bond acceptors (Lipinski definition) is 2. The van der Waals surface area contributed by atoms with Crippen molar-refractivity contribution >= 4 is 28.2 Å². The van der Waals surface area contributed by atoms with Crippen LogP contribution in [-0.4, -0.2) is 9.55 Å². The predicted octanol–water partition coefficient (Wildman–Crippen LogP) is 3.76. The summed E-state index contributed by atoms with van der Waals surface area (Å²) in [5, 5.41) is 0.722. The molecular formula is C18H12ClN3O2. The van der Waals surface area contributed by atoms with E-state index in [-0.39, 0.29) is 0 Å². The summed E-state index contributed by atoms with van der Waals surface area (Å²) in [6.07, 6.45) is 2.04. The smallest absolute Gasteiger partial charge is 0.273 e. The van der Waals surface area contributed by atoms with Crippen molar-refractivity contribution < 1.29 is 0 Å². The summed E-state index contributed by atoms with van der Waals surface area (Å²) >= 11 is 6.24. The summed E-state index contributed by atoms with van der Waals surface area (Å²) < 4.78 is 1.40. The number of benzene rings is 2. The number of nitrogens with one attached hydrogen (secondary N) is 1. The lowest BCUT2D eigenvalue weighted by molar-refractivity contribution is 0.940. The van der Waals surface area contributed by atoms with Crippen LogP contribution in [0.25, 0.3) is 21.4 Å². The summed E-state index contributed by atoms with van der Waals surface area (Å²) in [4.78, 5) is 30.5. The van der Waals surface area contributed by atoms with Crippen molar-refractivity contribution in [3.8, 4) is 5.69 Å². The van der Waals surface area contributed by atoms with E-state index < -0.39 is 11.2 Å². The Bertz CT molecular complexity index is 1130. The van der Waals surface area contributed by atoms with Crippen molar-refractivity contribution in [3.63, 3.8) is 0 Å². The van der Waals surface area contributed by atoms with Crippen molar-refractivity contribution in [2.75, 3.05) is 0 Å². The van der Waals surface area contributed by atoms with Gasteiger partial charge in [0.25, 0.3) is 5.56 Å². The molecule has 1 aliphatic rings. The lowest BCUT2D eigenvalue weighted by atomic mass is 10.1. The molecule has 1 N–H and O–H groups in total. The molecular weight excluding hydrogens is 326 g/mol. The molecule has 118 valence electrons. The molecule has 24 heavy (non-hydrogen) atoms. The average Bonchev–Trinajstić information content (AvgIpc) is 3.40. The number of hydrogen-bond donors (Lipinski definition) is 1. The Balaban J connectivity index is 2.16. The first-order valence-electron chi connectivity index (χ1n) is 7.55. The number of aromatic nitrogens is 2. The highest BCUT2D eigenvalue weighted by molar-refractivity contribution is 6.32. The molecule has 0 amide bonds. The van der Waals surface area contributed by atoms with E-state index >= 15 is 0 Å². The van der Waals surface area contributed by atoms with Gasteiger partial charge in [0, 0.05) is 0 Å². The lowest BCUT2D eigenvalue weighted by Gasteiger charge is -2.13. The zero-order valence-corrected chi connectivity index (χ0v) is 13.3. The van der Waals surface area contributed by atoms with Crippen molar-refractivity contribution in [3.05, 3.63) is 79.2 Å². The first kappa shape index (κ1) is 14.7. The average molecular weight is 338 g/mol. The highest BCUT2D eigenvalue weighted by Crippen LogP contribution is 2.45. The van der Waals surface area contributed by atoms with E-state index in [9.17, 15) is 9.59 Å². The Morgan fingerprint density at radius 2 is 1.96 bits per heavy atom. The largest absolute Gasteiger partial charge is 0.333 e. The maximum atomic E-state index is 12.4. The van der Waals surface area contributed by atoms with Gasteiger partial charge in [-0.3, -0.25) is 14.3 Å². The quantitative estimate of drug-likeness (QED) is 0.724. The van der Waals surface area contributed by atoms with Gasteiger partial charge in [-0.25, -0.2) is 9.64 Å². The van der Waals surface area contributed by atoms with E-state index in [1.165, 1.54) is 4.57 Å². The minimum absolute atomic E-state index is 0.310. The lowest BCUT2D eigenvalue weighted by Crippen LogP contribution is -2.29. The number of para-hydroxylation sites is 1. The molecule has 1 aliphatic carbocycles. The topological polar surface area (TPSA) is 59.2 Å². The Hall–Kier alpha value is -2.84. The van der Waals surface area contributed by atoms with Crippen LogP contribution in [-0.2, 0) is 0 Å². The standard InChI is InChI=1S/C18H12ClN3O2/c1-20-14-8-12-16(9-11(14)10-6-7-10)22(18(24)21-17(12)23)15-5-3-2-4-13(15)19/h2-5,8-10H,6-7H2,(H,21,23,24). The molecule has 0 unspecified atom stereocenters. The minimum Gasteiger partial charge on any atom is -0.273 e. The Kier molecular flexibility index (Phi) is 3.29. The van der Waals surface area contributed by atoms with Crippen LogP contribution in [0.3, 0.4) is 0 Å². The first-order valence-corrected chi connectivity index (χ1v) is 7.93. The molecule has 6 heteroatoms. The van der Waals surface area contributed by atoms with E-state index in [1.807, 2.05) is 0 Å². The maximum Gasteiger partial charge on any atom is 0.333 e. The number of H-pyrrole nitrogens is 1. The van der Waals surface area contributed by atoms with Crippen molar-refractivity contribution in [2.24, 2.45) is 0 Å². The Morgan fingerprint density at radius 1 is 1.21 bits per heavy atom. The van der Waals surface area contributed by atoms with Gasteiger partial charge in [-0.2, -0.15) is 0 Å². The van der Waals surface area contributed by atoms with E-state index in [4.69, 9.17) is 18.2 Å². The molecule has 5 nitrogen and oxygen atoms in total. The third-order valence-electron chi connectivity index (χ3n) is 4.29. The van der Waals surface area contributed by atoms with Crippen molar-refractivity contribution in [1.29, 1.82) is 0 Å². The van der Waals surface area contributed by atoms with Crippen molar-refractivity contribution in [1.82, 2.24) is 9.55 Å². The molecule has 4 rings (SSSR count). The van der Waals surface area contributed by atoms with Gasteiger partial charge in [0.15, 0.2) is 5.69 Å². The monoisotopic (exact) mass is 337 g/mol. The van der Waals surface area contributed by atoms with Crippen LogP contribution in [0.1, 0.15) is 24.3 Å². The second-order valence-electron chi connectivity index (χ2n) is 5.86. The zero-order chi connectivity index (χ0) is 16.8.